The predicted octanol–water partition coefficient (Wildman–Crippen LogP) is 3.77. The van der Waals surface area contributed by atoms with Crippen LogP contribution in [0.25, 0.3) is 22.0 Å². The summed E-state index contributed by atoms with van der Waals surface area (Å²) < 4.78 is 29.5. The van der Waals surface area contributed by atoms with Crippen LogP contribution in [0.2, 0.25) is 0 Å². The Morgan fingerprint density at radius 1 is 1.03 bits per heavy atom. The van der Waals surface area contributed by atoms with E-state index in [-0.39, 0.29) is 29.3 Å². The number of halogens is 2. The van der Waals surface area contributed by atoms with Gasteiger partial charge in [-0.1, -0.05) is 18.2 Å². The molecule has 0 aliphatic rings. The van der Waals surface area contributed by atoms with Gasteiger partial charge in [-0.25, -0.2) is 13.6 Å². The number of rotatable bonds is 4. The molecule has 30 heavy (non-hydrogen) atoms. The van der Waals surface area contributed by atoms with E-state index in [0.29, 0.717) is 22.0 Å². The summed E-state index contributed by atoms with van der Waals surface area (Å²) in [5, 5.41) is 7.32. The molecule has 0 aliphatic heterocycles. The lowest BCUT2D eigenvalue weighted by Gasteiger charge is -2.22. The standard InChI is InChI=1S/C21H18F2N6O/c22-15-7-4-11(10-24)8-18(15)29(21(26)30)12-5-6-13(16(23)9-12)14-2-1-3-17-19(14)20(25)28-27-17/h1-9H,10,24H2,(H2,26,30)(H3,25,27,28). The van der Waals surface area contributed by atoms with Crippen molar-refractivity contribution in [2.24, 2.45) is 11.5 Å². The summed E-state index contributed by atoms with van der Waals surface area (Å²) in [6.45, 7) is 0.142. The molecule has 0 saturated heterocycles. The van der Waals surface area contributed by atoms with E-state index in [1.165, 1.54) is 30.3 Å². The molecule has 9 heteroatoms. The molecule has 2 amide bonds. The zero-order chi connectivity index (χ0) is 21.4. The van der Waals surface area contributed by atoms with E-state index in [1.807, 2.05) is 0 Å². The highest BCUT2D eigenvalue weighted by molar-refractivity contribution is 6.02. The van der Waals surface area contributed by atoms with Crippen LogP contribution < -0.4 is 22.1 Å². The Balaban J connectivity index is 1.84. The van der Waals surface area contributed by atoms with Crippen molar-refractivity contribution in [3.8, 4) is 11.1 Å². The number of nitrogens with one attached hydrogen (secondary N) is 1. The zero-order valence-corrected chi connectivity index (χ0v) is 15.7. The smallest absolute Gasteiger partial charge is 0.323 e. The lowest BCUT2D eigenvalue weighted by atomic mass is 10.00. The average molecular weight is 408 g/mol. The van der Waals surface area contributed by atoms with Crippen LogP contribution in [-0.2, 0) is 6.54 Å². The second-order valence-electron chi connectivity index (χ2n) is 6.66. The van der Waals surface area contributed by atoms with Gasteiger partial charge in [-0.2, -0.15) is 5.10 Å². The summed E-state index contributed by atoms with van der Waals surface area (Å²) in [7, 11) is 0. The van der Waals surface area contributed by atoms with Gasteiger partial charge in [-0.15, -0.1) is 0 Å². The largest absolute Gasteiger partial charge is 0.382 e. The minimum Gasteiger partial charge on any atom is -0.382 e. The molecular formula is C21H18F2N6O. The number of amides is 2. The molecule has 1 heterocycles. The molecule has 0 radical (unpaired) electrons. The van der Waals surface area contributed by atoms with Crippen LogP contribution in [0.4, 0.5) is 30.8 Å². The van der Waals surface area contributed by atoms with Gasteiger partial charge in [0, 0.05) is 12.1 Å². The molecule has 0 aliphatic carbocycles. The SMILES string of the molecule is NCc1ccc(F)c(N(C(N)=O)c2ccc(-c3cccc4[nH]nc(N)c34)c(F)c2)c1. The Kier molecular flexibility index (Phi) is 4.80. The number of primary amides is 1. The van der Waals surface area contributed by atoms with E-state index in [1.54, 1.807) is 18.2 Å². The third-order valence-electron chi connectivity index (χ3n) is 4.83. The summed E-state index contributed by atoms with van der Waals surface area (Å²) in [6, 6.07) is 12.4. The van der Waals surface area contributed by atoms with E-state index >= 15 is 4.39 Å². The van der Waals surface area contributed by atoms with Crippen molar-refractivity contribution in [2.75, 3.05) is 10.6 Å². The average Bonchev–Trinajstić information content (AvgIpc) is 3.11. The highest BCUT2D eigenvalue weighted by Crippen LogP contribution is 2.36. The lowest BCUT2D eigenvalue weighted by molar-refractivity contribution is 0.256. The van der Waals surface area contributed by atoms with Crippen molar-refractivity contribution in [3.05, 3.63) is 71.8 Å². The Morgan fingerprint density at radius 2 is 1.83 bits per heavy atom. The second kappa shape index (κ2) is 7.45. The summed E-state index contributed by atoms with van der Waals surface area (Å²) >= 11 is 0. The summed E-state index contributed by atoms with van der Waals surface area (Å²) in [6.07, 6.45) is 0. The number of aromatic nitrogens is 2. The van der Waals surface area contributed by atoms with Crippen LogP contribution in [0, 0.1) is 11.6 Å². The summed E-state index contributed by atoms with van der Waals surface area (Å²) in [5.41, 5.74) is 19.0. The van der Waals surface area contributed by atoms with Gasteiger partial charge < -0.3 is 17.2 Å². The number of nitrogens with zero attached hydrogens (tertiary/aromatic N) is 2. The van der Waals surface area contributed by atoms with Gasteiger partial charge in [-0.3, -0.25) is 10.00 Å². The number of carbonyl (C=O) groups is 1. The van der Waals surface area contributed by atoms with Crippen LogP contribution in [0.5, 0.6) is 0 Å². The normalized spacial score (nSPS) is 11.0. The molecule has 0 fully saturated rings. The number of hydrogen-bond donors (Lipinski definition) is 4. The molecule has 0 unspecified atom stereocenters. The summed E-state index contributed by atoms with van der Waals surface area (Å²) in [5.74, 6) is -1.09. The first kappa shape index (κ1) is 19.3. The monoisotopic (exact) mass is 408 g/mol. The number of carbonyl (C=O) groups excluding carboxylic acids is 1. The van der Waals surface area contributed by atoms with Crippen molar-refractivity contribution >= 4 is 34.1 Å². The van der Waals surface area contributed by atoms with Crippen molar-refractivity contribution in [1.82, 2.24) is 10.2 Å². The maximum absolute atomic E-state index is 15.1. The van der Waals surface area contributed by atoms with Gasteiger partial charge >= 0.3 is 6.03 Å². The van der Waals surface area contributed by atoms with E-state index in [4.69, 9.17) is 17.2 Å². The first-order valence-corrected chi connectivity index (χ1v) is 9.01. The number of nitrogen functional groups attached to an aromatic ring is 1. The maximum atomic E-state index is 15.1. The second-order valence-corrected chi connectivity index (χ2v) is 6.66. The van der Waals surface area contributed by atoms with E-state index in [9.17, 15) is 9.18 Å². The van der Waals surface area contributed by atoms with Gasteiger partial charge in [0.15, 0.2) is 5.82 Å². The van der Waals surface area contributed by atoms with Crippen LogP contribution >= 0.6 is 0 Å². The fourth-order valence-electron chi connectivity index (χ4n) is 3.43. The van der Waals surface area contributed by atoms with Gasteiger partial charge in [0.05, 0.1) is 22.3 Å². The van der Waals surface area contributed by atoms with Gasteiger partial charge in [0.25, 0.3) is 0 Å². The van der Waals surface area contributed by atoms with Crippen LogP contribution in [0.1, 0.15) is 5.56 Å². The number of aromatic amines is 1. The quantitative estimate of drug-likeness (QED) is 0.410. The maximum Gasteiger partial charge on any atom is 0.323 e. The summed E-state index contributed by atoms with van der Waals surface area (Å²) in [4.78, 5) is 13.0. The zero-order valence-electron chi connectivity index (χ0n) is 15.7. The Hall–Kier alpha value is -3.98. The van der Waals surface area contributed by atoms with Gasteiger partial charge in [-0.05, 0) is 47.5 Å². The number of benzene rings is 3. The Morgan fingerprint density at radius 3 is 2.53 bits per heavy atom. The van der Waals surface area contributed by atoms with Crippen molar-refractivity contribution in [2.45, 2.75) is 6.54 Å². The molecule has 0 bridgehead atoms. The van der Waals surface area contributed by atoms with E-state index < -0.39 is 17.7 Å². The predicted molar refractivity (Wildman–Crippen MR) is 112 cm³/mol. The minimum absolute atomic E-state index is 0.0733. The van der Waals surface area contributed by atoms with E-state index in [0.717, 1.165) is 11.0 Å². The number of hydrogen-bond acceptors (Lipinski definition) is 4. The Bertz CT molecular complexity index is 1270. The molecule has 3 aromatic carbocycles. The molecule has 0 saturated carbocycles. The number of anilines is 3. The first-order valence-electron chi connectivity index (χ1n) is 9.01. The lowest BCUT2D eigenvalue weighted by Crippen LogP contribution is -2.32. The number of H-pyrrole nitrogens is 1. The third kappa shape index (κ3) is 3.20. The van der Waals surface area contributed by atoms with Crippen LogP contribution in [0.3, 0.4) is 0 Å². The molecule has 7 N–H and O–H groups in total. The fraction of sp³-hybridized carbons (Fsp3) is 0.0476. The first-order chi connectivity index (χ1) is 14.4. The highest BCUT2D eigenvalue weighted by atomic mass is 19.1. The third-order valence-corrected chi connectivity index (χ3v) is 4.83. The molecular weight excluding hydrogens is 390 g/mol. The highest BCUT2D eigenvalue weighted by Gasteiger charge is 2.21. The van der Waals surface area contributed by atoms with Crippen molar-refractivity contribution < 1.29 is 13.6 Å². The Labute approximate surface area is 170 Å². The molecule has 152 valence electrons. The number of urea groups is 1. The van der Waals surface area contributed by atoms with Gasteiger partial charge in [0.2, 0.25) is 0 Å². The van der Waals surface area contributed by atoms with Crippen LogP contribution in [0.15, 0.2) is 54.6 Å². The molecule has 4 aromatic rings. The topological polar surface area (TPSA) is 127 Å². The van der Waals surface area contributed by atoms with Crippen molar-refractivity contribution in [1.29, 1.82) is 0 Å². The molecule has 7 nitrogen and oxygen atoms in total. The molecule has 0 spiro atoms. The minimum atomic E-state index is -0.962. The van der Waals surface area contributed by atoms with Gasteiger partial charge in [0.1, 0.15) is 11.6 Å². The van der Waals surface area contributed by atoms with Crippen molar-refractivity contribution in [3.63, 3.8) is 0 Å². The molecule has 0 atom stereocenters. The fourth-order valence-corrected chi connectivity index (χ4v) is 3.43. The number of nitrogens with two attached hydrogens (primary N) is 3. The molecule has 1 aromatic heterocycles. The van der Waals surface area contributed by atoms with E-state index in [2.05, 4.69) is 10.2 Å². The molecule has 4 rings (SSSR count). The van der Waals surface area contributed by atoms with Crippen LogP contribution in [-0.4, -0.2) is 16.2 Å². The number of fused-ring (bicyclic) bond motifs is 1.